The second-order valence-electron chi connectivity index (χ2n) is 9.69. The highest BCUT2D eigenvalue weighted by molar-refractivity contribution is 7.99. The number of benzene rings is 1. The molecule has 5 aromatic rings. The number of rotatable bonds is 6. The van der Waals surface area contributed by atoms with E-state index in [1.807, 2.05) is 30.7 Å². The van der Waals surface area contributed by atoms with Crippen molar-refractivity contribution in [3.63, 3.8) is 0 Å². The van der Waals surface area contributed by atoms with Crippen LogP contribution in [0.15, 0.2) is 89.2 Å². The Kier molecular flexibility index (Phi) is 5.91. The molecule has 0 saturated carbocycles. The van der Waals surface area contributed by atoms with Crippen LogP contribution in [0.25, 0.3) is 38.9 Å². The molecule has 0 unspecified atom stereocenters. The Bertz CT molecular complexity index is 1700. The number of piperidine rings is 1. The molecule has 188 valence electrons. The monoisotopic (exact) mass is 517 g/mol. The van der Waals surface area contributed by atoms with Crippen LogP contribution in [0.1, 0.15) is 18.4 Å². The summed E-state index contributed by atoms with van der Waals surface area (Å²) in [5.74, 6) is 1.64. The number of nitrogens with zero attached hydrogens (tertiary/aromatic N) is 5. The van der Waals surface area contributed by atoms with Crippen LogP contribution in [0, 0.1) is 0 Å². The molecule has 7 rings (SSSR count). The van der Waals surface area contributed by atoms with Gasteiger partial charge in [0, 0.05) is 46.9 Å². The van der Waals surface area contributed by atoms with Crippen molar-refractivity contribution in [2.24, 2.45) is 0 Å². The van der Waals surface area contributed by atoms with Crippen molar-refractivity contribution in [2.45, 2.75) is 28.8 Å². The second-order valence-corrected chi connectivity index (χ2v) is 10.8. The minimum absolute atomic E-state index is 0.410. The van der Waals surface area contributed by atoms with Crippen molar-refractivity contribution in [3.05, 3.63) is 84.8 Å². The number of H-pyrrole nitrogens is 1. The second kappa shape index (κ2) is 9.70. The Morgan fingerprint density at radius 3 is 2.63 bits per heavy atom. The Balaban J connectivity index is 1.38. The molecule has 7 nitrogen and oxygen atoms in total. The summed E-state index contributed by atoms with van der Waals surface area (Å²) in [5.41, 5.74) is 4.88. The number of aromatic nitrogens is 5. The van der Waals surface area contributed by atoms with E-state index < -0.39 is 0 Å². The first kappa shape index (κ1) is 23.1. The van der Waals surface area contributed by atoms with Crippen LogP contribution in [0.4, 0.5) is 5.82 Å². The van der Waals surface area contributed by atoms with Crippen LogP contribution in [-0.2, 0) is 0 Å². The lowest BCUT2D eigenvalue weighted by molar-refractivity contribution is 0.442. The van der Waals surface area contributed by atoms with E-state index in [1.165, 1.54) is 10.5 Å². The fourth-order valence-corrected chi connectivity index (χ4v) is 6.14. The molecule has 2 N–H and O–H groups in total. The van der Waals surface area contributed by atoms with Crippen molar-refractivity contribution in [2.75, 3.05) is 25.0 Å². The molecular weight excluding hydrogens is 490 g/mol. The molecule has 1 saturated heterocycles. The van der Waals surface area contributed by atoms with Crippen molar-refractivity contribution >= 4 is 45.1 Å². The molecule has 0 spiro atoms. The maximum Gasteiger partial charge on any atom is 0.163 e. The third-order valence-corrected chi connectivity index (χ3v) is 8.31. The molecule has 2 aliphatic rings. The lowest BCUT2D eigenvalue weighted by atomic mass is 9.96. The van der Waals surface area contributed by atoms with Crippen molar-refractivity contribution in [1.29, 1.82) is 0 Å². The predicted octanol–water partition coefficient (Wildman–Crippen LogP) is 5.86. The van der Waals surface area contributed by atoms with Gasteiger partial charge in [0.05, 0.1) is 22.1 Å². The van der Waals surface area contributed by atoms with E-state index in [1.54, 1.807) is 11.8 Å². The summed E-state index contributed by atoms with van der Waals surface area (Å²) in [7, 11) is 2.17. The Morgan fingerprint density at radius 1 is 1.00 bits per heavy atom. The van der Waals surface area contributed by atoms with Gasteiger partial charge in [0.1, 0.15) is 11.5 Å². The summed E-state index contributed by atoms with van der Waals surface area (Å²) < 4.78 is 0. The number of hydrogen-bond donors (Lipinski definition) is 2. The fraction of sp³-hybridized carbons (Fsp3) is 0.200. The molecule has 1 aromatic carbocycles. The zero-order valence-electron chi connectivity index (χ0n) is 21.1. The van der Waals surface area contributed by atoms with Gasteiger partial charge in [-0.2, -0.15) is 0 Å². The van der Waals surface area contributed by atoms with Crippen LogP contribution >= 0.6 is 11.8 Å². The van der Waals surface area contributed by atoms with Crippen LogP contribution < -0.4 is 10.2 Å². The fourth-order valence-electron chi connectivity index (χ4n) is 5.27. The maximum absolute atomic E-state index is 5.26. The highest BCUT2D eigenvalue weighted by Crippen LogP contribution is 2.38. The zero-order chi connectivity index (χ0) is 25.5. The number of fused-ring (bicyclic) bond motifs is 2. The minimum atomic E-state index is 0.410. The molecular formula is C30H27N7S. The highest BCUT2D eigenvalue weighted by Gasteiger charge is 2.25. The molecule has 1 aliphatic heterocycles. The molecule has 0 radical (unpaired) electrons. The van der Waals surface area contributed by atoms with Gasteiger partial charge in [-0.25, -0.2) is 15.0 Å². The highest BCUT2D eigenvalue weighted by atomic mass is 32.2. The van der Waals surface area contributed by atoms with Gasteiger partial charge in [0.15, 0.2) is 5.82 Å². The Morgan fingerprint density at radius 2 is 1.84 bits per heavy atom. The average molecular weight is 518 g/mol. The summed E-state index contributed by atoms with van der Waals surface area (Å²) >= 11 is 1.69. The first-order valence-electron chi connectivity index (χ1n) is 12.9. The maximum atomic E-state index is 5.26. The summed E-state index contributed by atoms with van der Waals surface area (Å²) in [6.45, 7) is 2.03. The van der Waals surface area contributed by atoms with Crippen LogP contribution in [0.2, 0.25) is 0 Å². The third kappa shape index (κ3) is 4.15. The Hall–Kier alpha value is -4.01. The van der Waals surface area contributed by atoms with Gasteiger partial charge in [-0.05, 0) is 55.8 Å². The third-order valence-electron chi connectivity index (χ3n) is 7.36. The molecule has 5 heterocycles. The minimum Gasteiger partial charge on any atom is -0.356 e. The standard InChI is InChI=1S/C30H27N7S/c1-37(20-10-13-31-14-11-20)30-27-24(19-6-5-7-19)17-32-18-25(27)34-29(36-30)22-12-15-33-28-23(22)16-26(35-28)38-21-8-3-2-4-9-21/h2-9,12,15-18,20,31H,10-11,13-14H2,1H3,(H,33,35). The SMILES string of the molecule is CN(c1nc(-c2ccnc3[nH]c(Sc4ccccc4)cc23)nc2cncc(C3=CC=C3)c12)C1CCNCC1. The molecule has 0 bridgehead atoms. The lowest BCUT2D eigenvalue weighted by Crippen LogP contribution is -2.41. The molecule has 38 heavy (non-hydrogen) atoms. The van der Waals surface area contributed by atoms with Crippen LogP contribution in [-0.4, -0.2) is 51.1 Å². The van der Waals surface area contributed by atoms with E-state index in [-0.39, 0.29) is 0 Å². The molecule has 0 amide bonds. The van der Waals surface area contributed by atoms with E-state index in [2.05, 4.69) is 80.8 Å². The van der Waals surface area contributed by atoms with Crippen molar-refractivity contribution < 1.29 is 0 Å². The number of aromatic amines is 1. The van der Waals surface area contributed by atoms with Crippen molar-refractivity contribution in [3.8, 4) is 11.4 Å². The topological polar surface area (TPSA) is 82.6 Å². The van der Waals surface area contributed by atoms with Gasteiger partial charge in [-0.15, -0.1) is 0 Å². The zero-order valence-corrected chi connectivity index (χ0v) is 21.9. The average Bonchev–Trinajstić information content (AvgIpc) is 3.35. The van der Waals surface area contributed by atoms with Gasteiger partial charge in [0.25, 0.3) is 0 Å². The smallest absolute Gasteiger partial charge is 0.163 e. The van der Waals surface area contributed by atoms with Crippen LogP contribution in [0.5, 0.6) is 0 Å². The number of hydrogen-bond acceptors (Lipinski definition) is 7. The molecule has 8 heteroatoms. The normalized spacial score (nSPS) is 15.6. The van der Waals surface area contributed by atoms with Gasteiger partial charge >= 0.3 is 0 Å². The summed E-state index contributed by atoms with van der Waals surface area (Å²) in [6.07, 6.45) is 14.1. The largest absolute Gasteiger partial charge is 0.356 e. The van der Waals surface area contributed by atoms with Gasteiger partial charge in [-0.1, -0.05) is 48.2 Å². The molecule has 1 fully saturated rings. The molecule has 0 atom stereocenters. The predicted molar refractivity (Wildman–Crippen MR) is 154 cm³/mol. The van der Waals surface area contributed by atoms with Gasteiger partial charge < -0.3 is 15.2 Å². The van der Waals surface area contributed by atoms with E-state index in [0.717, 1.165) is 69.8 Å². The molecule has 1 aliphatic carbocycles. The van der Waals surface area contributed by atoms with Crippen molar-refractivity contribution in [1.82, 2.24) is 30.2 Å². The lowest BCUT2D eigenvalue weighted by Gasteiger charge is -2.33. The van der Waals surface area contributed by atoms with Gasteiger partial charge in [-0.3, -0.25) is 4.98 Å². The Labute approximate surface area is 225 Å². The first-order chi connectivity index (χ1) is 18.7. The van der Waals surface area contributed by atoms with E-state index in [9.17, 15) is 0 Å². The summed E-state index contributed by atoms with van der Waals surface area (Å²) in [6, 6.07) is 14.9. The van der Waals surface area contributed by atoms with E-state index >= 15 is 0 Å². The summed E-state index contributed by atoms with van der Waals surface area (Å²) in [5, 5.41) is 6.58. The number of nitrogens with one attached hydrogen (secondary N) is 2. The first-order valence-corrected chi connectivity index (χ1v) is 13.8. The van der Waals surface area contributed by atoms with Gasteiger partial charge in [0.2, 0.25) is 0 Å². The van der Waals surface area contributed by atoms with E-state index in [0.29, 0.717) is 11.9 Å². The number of anilines is 1. The molecule has 4 aromatic heterocycles. The summed E-state index contributed by atoms with van der Waals surface area (Å²) in [4.78, 5) is 26.5. The quantitative estimate of drug-likeness (QED) is 0.292. The number of allylic oxidation sites excluding steroid dienone is 4. The van der Waals surface area contributed by atoms with Crippen LogP contribution in [0.3, 0.4) is 0 Å². The van der Waals surface area contributed by atoms with E-state index in [4.69, 9.17) is 9.97 Å². The number of pyridine rings is 2.